The molecule has 84 valence electrons. The van der Waals surface area contributed by atoms with Crippen molar-refractivity contribution in [1.29, 1.82) is 0 Å². The molecular formula is C14H22O. The molecule has 0 amide bonds. The van der Waals surface area contributed by atoms with Crippen LogP contribution in [0.1, 0.15) is 46.0 Å². The zero-order chi connectivity index (χ0) is 11.2. The van der Waals surface area contributed by atoms with E-state index in [1.807, 2.05) is 13.0 Å². The molecule has 1 heteroatoms. The first-order chi connectivity index (χ1) is 7.41. The fourth-order valence-electron chi connectivity index (χ4n) is 1.13. The fourth-order valence-corrected chi connectivity index (χ4v) is 1.13. The van der Waals surface area contributed by atoms with Gasteiger partial charge in [-0.05, 0) is 31.9 Å². The van der Waals surface area contributed by atoms with E-state index in [9.17, 15) is 0 Å². The van der Waals surface area contributed by atoms with E-state index < -0.39 is 0 Å². The van der Waals surface area contributed by atoms with Crippen LogP contribution in [-0.2, 0) is 4.74 Å². The van der Waals surface area contributed by atoms with E-state index in [0.29, 0.717) is 13.2 Å². The highest BCUT2D eigenvalue weighted by atomic mass is 16.5. The first-order valence-electron chi connectivity index (χ1n) is 5.78. The smallest absolute Gasteiger partial charge is 0.108 e. The first kappa shape index (κ1) is 14.0. The fraction of sp³-hybridized carbons (Fsp3) is 0.643. The molecule has 15 heavy (non-hydrogen) atoms. The molecule has 0 heterocycles. The Balaban J connectivity index is 3.25. The maximum atomic E-state index is 5.21. The third-order valence-electron chi connectivity index (χ3n) is 1.99. The molecule has 0 radical (unpaired) electrons. The lowest BCUT2D eigenvalue weighted by Crippen LogP contribution is -1.89. The van der Waals surface area contributed by atoms with Crippen LogP contribution >= 0.6 is 0 Å². The molecule has 1 nitrogen and oxygen atoms in total. The van der Waals surface area contributed by atoms with Crippen molar-refractivity contribution in [2.75, 3.05) is 13.2 Å². The average molecular weight is 206 g/mol. The van der Waals surface area contributed by atoms with E-state index in [1.54, 1.807) is 0 Å². The third kappa shape index (κ3) is 13.0. The number of rotatable bonds is 8. The lowest BCUT2D eigenvalue weighted by atomic mass is 10.1. The molecule has 0 aliphatic heterocycles. The van der Waals surface area contributed by atoms with E-state index in [0.717, 1.165) is 6.42 Å². The van der Waals surface area contributed by atoms with Crippen molar-refractivity contribution in [2.45, 2.75) is 46.0 Å². The Bertz CT molecular complexity index is 236. The predicted octanol–water partition coefficient (Wildman–Crippen LogP) is 3.71. The van der Waals surface area contributed by atoms with E-state index >= 15 is 0 Å². The lowest BCUT2D eigenvalue weighted by molar-refractivity contribution is 0.199. The molecule has 0 unspecified atom stereocenters. The molecule has 0 fully saturated rings. The second-order valence-electron chi connectivity index (χ2n) is 3.37. The second kappa shape index (κ2) is 13.0. The van der Waals surface area contributed by atoms with Gasteiger partial charge in [0.15, 0.2) is 0 Å². The van der Waals surface area contributed by atoms with Gasteiger partial charge < -0.3 is 4.74 Å². The minimum atomic E-state index is 0.519. The summed E-state index contributed by atoms with van der Waals surface area (Å²) in [6, 6.07) is 0. The van der Waals surface area contributed by atoms with Crippen molar-refractivity contribution in [3.8, 4) is 11.8 Å². The molecule has 0 aromatic heterocycles. The van der Waals surface area contributed by atoms with Gasteiger partial charge in [-0.2, -0.15) is 0 Å². The van der Waals surface area contributed by atoms with Gasteiger partial charge in [0.25, 0.3) is 0 Å². The second-order valence-corrected chi connectivity index (χ2v) is 3.37. The van der Waals surface area contributed by atoms with Crippen LogP contribution in [0.5, 0.6) is 0 Å². The highest BCUT2D eigenvalue weighted by Gasteiger charge is 1.83. The van der Waals surface area contributed by atoms with Crippen LogP contribution in [0.15, 0.2) is 17.9 Å². The van der Waals surface area contributed by atoms with Crippen LogP contribution < -0.4 is 0 Å². The first-order valence-corrected chi connectivity index (χ1v) is 5.78. The number of hydrogen-bond donors (Lipinski definition) is 0. The Hall–Kier alpha value is -0.960. The monoisotopic (exact) mass is 206 g/mol. The van der Waals surface area contributed by atoms with Crippen molar-refractivity contribution < 1.29 is 4.74 Å². The molecule has 0 saturated heterocycles. The van der Waals surface area contributed by atoms with Crippen molar-refractivity contribution >= 4 is 0 Å². The molecule has 0 aliphatic carbocycles. The van der Waals surface area contributed by atoms with Gasteiger partial charge >= 0.3 is 0 Å². The largest absolute Gasteiger partial charge is 0.364 e. The van der Waals surface area contributed by atoms with Crippen LogP contribution in [0.4, 0.5) is 0 Å². The topological polar surface area (TPSA) is 9.23 Å². The van der Waals surface area contributed by atoms with Gasteiger partial charge in [0.2, 0.25) is 0 Å². The van der Waals surface area contributed by atoms with Gasteiger partial charge in [-0.25, -0.2) is 0 Å². The Morgan fingerprint density at radius 2 is 2.00 bits per heavy atom. The van der Waals surface area contributed by atoms with Crippen LogP contribution in [0, 0.1) is 11.8 Å². The van der Waals surface area contributed by atoms with Crippen LogP contribution in [0.2, 0.25) is 0 Å². The van der Waals surface area contributed by atoms with Crippen molar-refractivity contribution in [3.05, 3.63) is 17.9 Å². The molecule has 0 rings (SSSR count). The molecule has 0 spiro atoms. The summed E-state index contributed by atoms with van der Waals surface area (Å²) in [7, 11) is 0. The normalized spacial score (nSPS) is 8.67. The summed E-state index contributed by atoms with van der Waals surface area (Å²) in [5.41, 5.74) is 3.12. The Morgan fingerprint density at radius 1 is 1.13 bits per heavy atom. The SMILES string of the molecule is CC#CCOCC=C=CCCCCCC. The van der Waals surface area contributed by atoms with Crippen LogP contribution in [0.3, 0.4) is 0 Å². The van der Waals surface area contributed by atoms with Crippen molar-refractivity contribution in [3.63, 3.8) is 0 Å². The highest BCUT2D eigenvalue weighted by molar-refractivity contribution is 4.95. The third-order valence-corrected chi connectivity index (χ3v) is 1.99. The summed E-state index contributed by atoms with van der Waals surface area (Å²) in [6.07, 6.45) is 10.4. The maximum Gasteiger partial charge on any atom is 0.108 e. The standard InChI is InChI=1S/C14H22O/c1-3-5-7-8-9-10-11-12-14-15-13-6-4-2/h10,12H,3,5,7-9,13-14H2,1-2H3. The summed E-state index contributed by atoms with van der Waals surface area (Å²) < 4.78 is 5.21. The lowest BCUT2D eigenvalue weighted by Gasteiger charge is -1.92. The van der Waals surface area contributed by atoms with E-state index in [-0.39, 0.29) is 0 Å². The van der Waals surface area contributed by atoms with Gasteiger partial charge in [-0.1, -0.05) is 32.1 Å². The Kier molecular flexibility index (Phi) is 12.2. The Morgan fingerprint density at radius 3 is 2.73 bits per heavy atom. The van der Waals surface area contributed by atoms with Gasteiger partial charge in [0.1, 0.15) is 6.61 Å². The van der Waals surface area contributed by atoms with Gasteiger partial charge in [0.05, 0.1) is 6.61 Å². The number of ether oxygens (including phenoxy) is 1. The molecule has 0 bridgehead atoms. The van der Waals surface area contributed by atoms with E-state index in [4.69, 9.17) is 4.74 Å². The van der Waals surface area contributed by atoms with Crippen LogP contribution in [0.25, 0.3) is 0 Å². The molecular weight excluding hydrogens is 184 g/mol. The summed E-state index contributed by atoms with van der Waals surface area (Å²) in [5, 5.41) is 0. The maximum absolute atomic E-state index is 5.21. The summed E-state index contributed by atoms with van der Waals surface area (Å²) in [4.78, 5) is 0. The molecule has 0 aromatic rings. The van der Waals surface area contributed by atoms with E-state index in [1.165, 1.54) is 25.7 Å². The Labute approximate surface area is 94.2 Å². The van der Waals surface area contributed by atoms with Crippen molar-refractivity contribution in [1.82, 2.24) is 0 Å². The minimum Gasteiger partial charge on any atom is -0.364 e. The molecule has 0 aliphatic rings. The van der Waals surface area contributed by atoms with E-state index in [2.05, 4.69) is 30.6 Å². The molecule has 0 aromatic carbocycles. The molecule has 0 N–H and O–H groups in total. The zero-order valence-electron chi connectivity index (χ0n) is 10.0. The van der Waals surface area contributed by atoms with Gasteiger partial charge in [-0.3, -0.25) is 0 Å². The minimum absolute atomic E-state index is 0.519. The zero-order valence-corrected chi connectivity index (χ0v) is 10.0. The number of hydrogen-bond acceptors (Lipinski definition) is 1. The average Bonchev–Trinajstić information content (AvgIpc) is 2.26. The number of unbranched alkanes of at least 4 members (excludes halogenated alkanes) is 4. The van der Waals surface area contributed by atoms with Gasteiger partial charge in [-0.15, -0.1) is 11.7 Å². The van der Waals surface area contributed by atoms with Gasteiger partial charge in [0, 0.05) is 0 Å². The predicted molar refractivity (Wildman–Crippen MR) is 65.7 cm³/mol. The quantitative estimate of drug-likeness (QED) is 0.334. The summed E-state index contributed by atoms with van der Waals surface area (Å²) in [5.74, 6) is 5.62. The van der Waals surface area contributed by atoms with Crippen molar-refractivity contribution in [2.24, 2.45) is 0 Å². The molecule has 0 atom stereocenters. The summed E-state index contributed by atoms with van der Waals surface area (Å²) in [6.45, 7) is 5.17. The highest BCUT2D eigenvalue weighted by Crippen LogP contribution is 2.01. The molecule has 0 saturated carbocycles. The van der Waals surface area contributed by atoms with Crippen LogP contribution in [-0.4, -0.2) is 13.2 Å². The summed E-state index contributed by atoms with van der Waals surface area (Å²) >= 11 is 0.